The van der Waals surface area contributed by atoms with Gasteiger partial charge >= 0.3 is 46.1 Å². The summed E-state index contributed by atoms with van der Waals surface area (Å²) < 4.78 is 13.4. The fraction of sp³-hybridized carbons (Fsp3) is 0.500. The van der Waals surface area contributed by atoms with E-state index in [1.54, 1.807) is 0 Å². The molecule has 0 amide bonds. The molecule has 9 heavy (non-hydrogen) atoms. The second-order valence-corrected chi connectivity index (χ2v) is 1.22. The standard InChI is InChI=1S/C2H5NO2.Al.2H2O.O/c3-1-2(4)5;;;;/h1,3H2,(H,4,5);;2*1H2;/q;+1;;;/p-1. The first-order chi connectivity index (χ1) is 3.31. The Morgan fingerprint density at radius 2 is 2.00 bits per heavy atom. The molecule has 0 aliphatic heterocycles. The SMILES string of the molecule is NCC(=O)[O][Al]=[O].O.O. The zero-order chi connectivity index (χ0) is 5.70. The summed E-state index contributed by atoms with van der Waals surface area (Å²) >= 11 is -1.43. The molecular formula is C2H8AlNO5. The van der Waals surface area contributed by atoms with Crippen LogP contribution in [0.1, 0.15) is 0 Å². The van der Waals surface area contributed by atoms with Gasteiger partial charge in [0.1, 0.15) is 0 Å². The maximum absolute atomic E-state index is 9.89. The Morgan fingerprint density at radius 3 is 2.11 bits per heavy atom. The molecule has 0 unspecified atom stereocenters. The van der Waals surface area contributed by atoms with Gasteiger partial charge in [-0.3, -0.25) is 0 Å². The molecule has 0 saturated carbocycles. The molecule has 0 saturated heterocycles. The van der Waals surface area contributed by atoms with Crippen molar-refractivity contribution in [2.75, 3.05) is 6.54 Å². The van der Waals surface area contributed by atoms with Crippen molar-refractivity contribution in [2.45, 2.75) is 0 Å². The van der Waals surface area contributed by atoms with Gasteiger partial charge in [-0.1, -0.05) is 0 Å². The van der Waals surface area contributed by atoms with Gasteiger partial charge in [0.25, 0.3) is 0 Å². The van der Waals surface area contributed by atoms with Crippen molar-refractivity contribution < 1.29 is 23.3 Å². The van der Waals surface area contributed by atoms with Gasteiger partial charge in [0.2, 0.25) is 0 Å². The second kappa shape index (κ2) is 10.6. The quantitative estimate of drug-likeness (QED) is 0.418. The normalized spacial score (nSPS) is 5.44. The average molecular weight is 153 g/mol. The topological polar surface area (TPSA) is 132 Å². The minimum atomic E-state index is -1.43. The van der Waals surface area contributed by atoms with E-state index >= 15 is 0 Å². The van der Waals surface area contributed by atoms with Crippen LogP contribution in [0.5, 0.6) is 0 Å². The number of hydrogen-bond acceptors (Lipinski definition) is 4. The fourth-order valence-electron chi connectivity index (χ4n) is 0.102. The van der Waals surface area contributed by atoms with E-state index in [2.05, 4.69) is 3.79 Å². The summed E-state index contributed by atoms with van der Waals surface area (Å²) in [5, 5.41) is 0. The molecule has 0 aliphatic carbocycles. The van der Waals surface area contributed by atoms with Crippen molar-refractivity contribution in [3.63, 3.8) is 0 Å². The third-order valence-corrected chi connectivity index (χ3v) is 0.705. The molecule has 0 fully saturated rings. The molecule has 0 heterocycles. The Hall–Kier alpha value is -0.318. The van der Waals surface area contributed by atoms with Crippen molar-refractivity contribution in [1.82, 2.24) is 0 Å². The number of carbonyl (C=O) groups is 1. The van der Waals surface area contributed by atoms with Crippen molar-refractivity contribution in [1.29, 1.82) is 0 Å². The molecule has 0 aliphatic rings. The van der Waals surface area contributed by atoms with Gasteiger partial charge in [-0.15, -0.1) is 0 Å². The number of nitrogens with two attached hydrogens (primary N) is 1. The molecule has 0 rings (SSSR count). The molecule has 0 aromatic carbocycles. The van der Waals surface area contributed by atoms with Gasteiger partial charge in [0, 0.05) is 0 Å². The maximum atomic E-state index is 9.89. The van der Waals surface area contributed by atoms with E-state index in [0.717, 1.165) is 0 Å². The molecule has 0 spiro atoms. The Kier molecular flexibility index (Phi) is 18.7. The van der Waals surface area contributed by atoms with Crippen molar-refractivity contribution in [2.24, 2.45) is 5.73 Å². The maximum Gasteiger partial charge on any atom is -0.412 e. The van der Waals surface area contributed by atoms with E-state index in [4.69, 9.17) is 5.73 Å². The minimum Gasteiger partial charge on any atom is -0.412 e. The zero-order valence-electron chi connectivity index (χ0n) is 4.59. The predicted molar refractivity (Wildman–Crippen MR) is 28.8 cm³/mol. The van der Waals surface area contributed by atoms with Gasteiger partial charge in [0.15, 0.2) is 0 Å². The average Bonchev–Trinajstić information content (AvgIpc) is 1.68. The van der Waals surface area contributed by atoms with Crippen LogP contribution in [0, 0.1) is 0 Å². The Morgan fingerprint density at radius 1 is 1.56 bits per heavy atom. The molecule has 7 heteroatoms. The molecule has 6 N–H and O–H groups in total. The summed E-state index contributed by atoms with van der Waals surface area (Å²) in [5.74, 6) is -0.620. The van der Waals surface area contributed by atoms with Crippen LogP contribution in [-0.4, -0.2) is 39.0 Å². The van der Waals surface area contributed by atoms with E-state index in [1.807, 2.05) is 0 Å². The monoisotopic (exact) mass is 153 g/mol. The summed E-state index contributed by atoms with van der Waals surface area (Å²) in [4.78, 5) is 9.89. The molecule has 0 atom stereocenters. The van der Waals surface area contributed by atoms with Crippen molar-refractivity contribution in [3.8, 4) is 0 Å². The Balaban J connectivity index is -0.000000180. The van der Waals surface area contributed by atoms with Crippen LogP contribution >= 0.6 is 0 Å². The van der Waals surface area contributed by atoms with E-state index < -0.39 is 21.5 Å². The van der Waals surface area contributed by atoms with Gasteiger partial charge in [-0.25, -0.2) is 0 Å². The van der Waals surface area contributed by atoms with Crippen LogP contribution in [-0.2, 0) is 12.4 Å². The first-order valence-electron chi connectivity index (χ1n) is 1.64. The molecule has 0 bridgehead atoms. The van der Waals surface area contributed by atoms with E-state index in [0.29, 0.717) is 0 Å². The number of rotatable bonds is 2. The third kappa shape index (κ3) is 11.3. The second-order valence-electron chi connectivity index (χ2n) is 0.790. The smallest absolute Gasteiger partial charge is 0.412 e. The number of hydrogen-bond donors (Lipinski definition) is 1. The van der Waals surface area contributed by atoms with Crippen LogP contribution in [0.3, 0.4) is 0 Å². The third-order valence-electron chi connectivity index (χ3n) is 0.346. The molecule has 0 aromatic heterocycles. The fourth-order valence-corrected chi connectivity index (χ4v) is 0.305. The van der Waals surface area contributed by atoms with Crippen LogP contribution in [0.25, 0.3) is 0 Å². The molecular weight excluding hydrogens is 145 g/mol. The summed E-state index contributed by atoms with van der Waals surface area (Å²) in [7, 11) is 0. The van der Waals surface area contributed by atoms with Crippen LogP contribution < -0.4 is 5.73 Å². The predicted octanol–water partition coefficient (Wildman–Crippen LogP) is -3.20. The molecule has 0 aromatic rings. The molecule has 6 nitrogen and oxygen atoms in total. The zero-order valence-corrected chi connectivity index (χ0v) is 5.74. The minimum absolute atomic E-state index is 0. The van der Waals surface area contributed by atoms with Gasteiger partial charge < -0.3 is 11.0 Å². The van der Waals surface area contributed by atoms with Crippen LogP contribution in [0.15, 0.2) is 0 Å². The van der Waals surface area contributed by atoms with Gasteiger partial charge in [-0.05, 0) is 0 Å². The Bertz CT molecular complexity index is 85.0. The van der Waals surface area contributed by atoms with Gasteiger partial charge in [-0.2, -0.15) is 0 Å². The van der Waals surface area contributed by atoms with Gasteiger partial charge in [0.05, 0.1) is 0 Å². The van der Waals surface area contributed by atoms with E-state index in [1.165, 1.54) is 0 Å². The first-order valence-corrected chi connectivity index (χ1v) is 2.58. The summed E-state index contributed by atoms with van der Waals surface area (Å²) in [6, 6.07) is 0. The van der Waals surface area contributed by atoms with E-state index in [-0.39, 0.29) is 17.5 Å². The van der Waals surface area contributed by atoms with Crippen molar-refractivity contribution >= 4 is 21.5 Å². The van der Waals surface area contributed by atoms with E-state index in [9.17, 15) is 8.60 Å². The number of carbonyl (C=O) groups excluding carboxylic acids is 1. The first kappa shape index (κ1) is 15.9. The summed E-state index contributed by atoms with van der Waals surface area (Å²) in [6.07, 6.45) is 0. The summed E-state index contributed by atoms with van der Waals surface area (Å²) in [6.45, 7) is -0.199. The molecule has 54 valence electrons. The van der Waals surface area contributed by atoms with Crippen molar-refractivity contribution in [3.05, 3.63) is 0 Å². The van der Waals surface area contributed by atoms with Crippen LogP contribution in [0.4, 0.5) is 0 Å². The molecule has 0 radical (unpaired) electrons. The Labute approximate surface area is 57.9 Å². The van der Waals surface area contributed by atoms with Crippen LogP contribution in [0.2, 0.25) is 0 Å². The largest absolute Gasteiger partial charge is 0.412 e. The summed E-state index contributed by atoms with van der Waals surface area (Å²) in [5.41, 5.74) is 4.76.